The van der Waals surface area contributed by atoms with Gasteiger partial charge in [-0.3, -0.25) is 19.3 Å². The van der Waals surface area contributed by atoms with Crippen molar-refractivity contribution in [3.05, 3.63) is 66.1 Å². The van der Waals surface area contributed by atoms with Crippen LogP contribution in [0.1, 0.15) is 24.3 Å². The van der Waals surface area contributed by atoms with E-state index in [1.807, 2.05) is 66.4 Å². The minimum Gasteiger partial charge on any atom is -0.339 e. The fourth-order valence-electron chi connectivity index (χ4n) is 4.35. The lowest BCUT2D eigenvalue weighted by molar-refractivity contribution is -0.142. The number of amides is 3. The van der Waals surface area contributed by atoms with Gasteiger partial charge in [-0.25, -0.2) is 5.01 Å². The molecule has 11 nitrogen and oxygen atoms in total. The molecule has 1 N–H and O–H groups in total. The summed E-state index contributed by atoms with van der Waals surface area (Å²) in [6.07, 6.45) is 0.572. The molecule has 0 atom stereocenters. The monoisotopic (exact) mass is 515 g/mol. The highest BCUT2D eigenvalue weighted by Crippen LogP contribution is 2.19. The van der Waals surface area contributed by atoms with Crippen molar-refractivity contribution < 1.29 is 18.9 Å². The zero-order valence-electron chi connectivity index (χ0n) is 21.2. The maximum atomic E-state index is 13.0. The van der Waals surface area contributed by atoms with Crippen LogP contribution in [0, 0.1) is 6.92 Å². The van der Waals surface area contributed by atoms with Crippen LogP contribution in [0.15, 0.2) is 64.2 Å². The van der Waals surface area contributed by atoms with Crippen molar-refractivity contribution in [3.8, 4) is 11.4 Å². The van der Waals surface area contributed by atoms with Gasteiger partial charge in [-0.15, -0.1) is 0 Å². The molecule has 38 heavy (non-hydrogen) atoms. The number of aromatic nitrogens is 2. The topological polar surface area (TPSA) is 124 Å². The minimum absolute atomic E-state index is 0.0918. The number of carbonyl (C=O) groups excluding carboxylic acids is 3. The molecule has 5 rings (SSSR count). The van der Waals surface area contributed by atoms with E-state index < -0.39 is 0 Å². The van der Waals surface area contributed by atoms with E-state index in [2.05, 4.69) is 20.6 Å². The van der Waals surface area contributed by atoms with Crippen molar-refractivity contribution >= 4 is 29.1 Å². The maximum absolute atomic E-state index is 13.0. The number of nitrogens with one attached hydrogen (secondary N) is 1. The highest BCUT2D eigenvalue weighted by atomic mass is 16.5. The van der Waals surface area contributed by atoms with Crippen molar-refractivity contribution in [2.75, 3.05) is 44.6 Å². The first kappa shape index (κ1) is 25.3. The molecule has 3 aromatic rings. The predicted molar refractivity (Wildman–Crippen MR) is 140 cm³/mol. The van der Waals surface area contributed by atoms with Crippen LogP contribution in [0.5, 0.6) is 0 Å². The smallest absolute Gasteiger partial charge is 0.274 e. The third-order valence-electron chi connectivity index (χ3n) is 6.52. The standard InChI is InChI=1S/C27H29N7O4/c1-19-7-9-21(10-8-19)28-23(35)17-32-13-15-33(16-14-32)25(37)18-34-24(36)12-11-22(30-34)27-29-26(31-38-27)20-5-3-2-4-6-20/h2-10H,11-18H2,1H3,(H,28,35). The van der Waals surface area contributed by atoms with E-state index in [1.165, 1.54) is 5.01 Å². The van der Waals surface area contributed by atoms with E-state index in [1.54, 1.807) is 4.90 Å². The summed E-state index contributed by atoms with van der Waals surface area (Å²) in [5.41, 5.74) is 3.19. The lowest BCUT2D eigenvalue weighted by atomic mass is 10.1. The number of benzene rings is 2. The number of hydrogen-bond donors (Lipinski definition) is 1. The van der Waals surface area contributed by atoms with Gasteiger partial charge in [-0.2, -0.15) is 10.1 Å². The van der Waals surface area contributed by atoms with Gasteiger partial charge >= 0.3 is 0 Å². The second-order valence-electron chi connectivity index (χ2n) is 9.36. The highest BCUT2D eigenvalue weighted by molar-refractivity contribution is 6.01. The summed E-state index contributed by atoms with van der Waals surface area (Å²) in [7, 11) is 0. The molecule has 3 heterocycles. The summed E-state index contributed by atoms with van der Waals surface area (Å²) in [5.74, 6) is 0.171. The van der Waals surface area contributed by atoms with Gasteiger partial charge in [0.05, 0.1) is 6.54 Å². The minimum atomic E-state index is -0.226. The van der Waals surface area contributed by atoms with E-state index in [9.17, 15) is 14.4 Å². The van der Waals surface area contributed by atoms with Crippen molar-refractivity contribution in [2.24, 2.45) is 5.10 Å². The SMILES string of the molecule is Cc1ccc(NC(=O)CN2CCN(C(=O)CN3N=C(c4nc(-c5ccccc5)no4)CCC3=O)CC2)cc1. The number of piperazine rings is 1. The van der Waals surface area contributed by atoms with Crippen LogP contribution in [0.2, 0.25) is 0 Å². The molecule has 11 heteroatoms. The number of rotatable bonds is 7. The normalized spacial score (nSPS) is 16.3. The summed E-state index contributed by atoms with van der Waals surface area (Å²) < 4.78 is 5.39. The van der Waals surface area contributed by atoms with Crippen molar-refractivity contribution in [1.29, 1.82) is 0 Å². The Balaban J connectivity index is 1.13. The van der Waals surface area contributed by atoms with Crippen molar-refractivity contribution in [1.82, 2.24) is 24.9 Å². The molecule has 1 saturated heterocycles. The molecular formula is C27H29N7O4. The molecule has 2 aromatic carbocycles. The Morgan fingerprint density at radius 3 is 2.42 bits per heavy atom. The summed E-state index contributed by atoms with van der Waals surface area (Å²) in [4.78, 5) is 46.0. The van der Waals surface area contributed by atoms with E-state index in [4.69, 9.17) is 4.52 Å². The van der Waals surface area contributed by atoms with Gasteiger partial charge < -0.3 is 14.7 Å². The molecular weight excluding hydrogens is 486 g/mol. The summed E-state index contributed by atoms with van der Waals surface area (Å²) in [5, 5.41) is 12.5. The molecule has 0 unspecified atom stereocenters. The van der Waals surface area contributed by atoms with Gasteiger partial charge in [-0.1, -0.05) is 53.2 Å². The fraction of sp³-hybridized carbons (Fsp3) is 0.333. The average molecular weight is 516 g/mol. The van der Waals surface area contributed by atoms with E-state index in [-0.39, 0.29) is 43.1 Å². The first-order chi connectivity index (χ1) is 18.4. The van der Waals surface area contributed by atoms with Gasteiger partial charge in [0, 0.05) is 50.3 Å². The highest BCUT2D eigenvalue weighted by Gasteiger charge is 2.29. The third-order valence-corrected chi connectivity index (χ3v) is 6.52. The molecule has 3 amide bonds. The lowest BCUT2D eigenvalue weighted by Gasteiger charge is -2.35. The fourth-order valence-corrected chi connectivity index (χ4v) is 4.35. The summed E-state index contributed by atoms with van der Waals surface area (Å²) >= 11 is 0. The zero-order valence-corrected chi connectivity index (χ0v) is 21.2. The molecule has 2 aliphatic heterocycles. The van der Waals surface area contributed by atoms with Gasteiger partial charge in [0.1, 0.15) is 12.3 Å². The molecule has 0 saturated carbocycles. The second-order valence-corrected chi connectivity index (χ2v) is 9.36. The number of hydrogen-bond acceptors (Lipinski definition) is 8. The number of aryl methyl sites for hydroxylation is 1. The van der Waals surface area contributed by atoms with Gasteiger partial charge in [-0.05, 0) is 19.1 Å². The van der Waals surface area contributed by atoms with E-state index in [0.717, 1.165) is 16.8 Å². The Morgan fingerprint density at radius 2 is 1.68 bits per heavy atom. The van der Waals surface area contributed by atoms with Crippen molar-refractivity contribution in [3.63, 3.8) is 0 Å². The number of nitrogens with zero attached hydrogens (tertiary/aromatic N) is 6. The maximum Gasteiger partial charge on any atom is 0.274 e. The van der Waals surface area contributed by atoms with Crippen LogP contribution >= 0.6 is 0 Å². The molecule has 196 valence electrons. The molecule has 2 aliphatic rings. The Kier molecular flexibility index (Phi) is 7.55. The number of carbonyl (C=O) groups is 3. The van der Waals surface area contributed by atoms with Crippen LogP contribution in [-0.2, 0) is 14.4 Å². The van der Waals surface area contributed by atoms with Crippen LogP contribution in [0.4, 0.5) is 5.69 Å². The van der Waals surface area contributed by atoms with E-state index >= 15 is 0 Å². The first-order valence-electron chi connectivity index (χ1n) is 12.6. The zero-order chi connectivity index (χ0) is 26.5. The van der Waals surface area contributed by atoms with Crippen LogP contribution in [-0.4, -0.2) is 87.7 Å². The Hall–Kier alpha value is -4.38. The van der Waals surface area contributed by atoms with Crippen molar-refractivity contribution in [2.45, 2.75) is 19.8 Å². The molecule has 0 aliphatic carbocycles. The summed E-state index contributed by atoms with van der Waals surface area (Å²) in [6.45, 7) is 4.17. The third kappa shape index (κ3) is 6.12. The van der Waals surface area contributed by atoms with Crippen LogP contribution in [0.3, 0.4) is 0 Å². The Bertz CT molecular complexity index is 1330. The average Bonchev–Trinajstić information content (AvgIpc) is 3.43. The second kappa shape index (κ2) is 11.3. The predicted octanol–water partition coefficient (Wildman–Crippen LogP) is 2.15. The molecule has 0 bridgehead atoms. The van der Waals surface area contributed by atoms with E-state index in [0.29, 0.717) is 44.1 Å². The number of hydrazone groups is 1. The Morgan fingerprint density at radius 1 is 0.947 bits per heavy atom. The van der Waals surface area contributed by atoms with Gasteiger partial charge in [0.15, 0.2) is 0 Å². The van der Waals surface area contributed by atoms with Gasteiger partial charge in [0.25, 0.3) is 5.89 Å². The molecule has 0 radical (unpaired) electrons. The summed E-state index contributed by atoms with van der Waals surface area (Å²) in [6, 6.07) is 17.1. The quantitative estimate of drug-likeness (QED) is 0.511. The Labute approximate surface area is 220 Å². The number of anilines is 1. The molecule has 1 aromatic heterocycles. The molecule has 1 fully saturated rings. The largest absolute Gasteiger partial charge is 0.339 e. The lowest BCUT2D eigenvalue weighted by Crippen LogP contribution is -2.52. The molecule has 0 spiro atoms. The van der Waals surface area contributed by atoms with Gasteiger partial charge in [0.2, 0.25) is 23.5 Å². The van der Waals surface area contributed by atoms with Crippen LogP contribution in [0.25, 0.3) is 11.4 Å². The van der Waals surface area contributed by atoms with Crippen LogP contribution < -0.4 is 5.32 Å². The first-order valence-corrected chi connectivity index (χ1v) is 12.6.